The van der Waals surface area contributed by atoms with Crippen LogP contribution in [0.1, 0.15) is 17.5 Å². The van der Waals surface area contributed by atoms with Crippen LogP contribution < -0.4 is 9.64 Å². The van der Waals surface area contributed by atoms with Crippen molar-refractivity contribution < 1.29 is 13.9 Å². The van der Waals surface area contributed by atoms with Crippen molar-refractivity contribution in [1.82, 2.24) is 4.90 Å². The van der Waals surface area contributed by atoms with Crippen molar-refractivity contribution in [2.75, 3.05) is 37.7 Å². The molecule has 4 rings (SSSR count). The Morgan fingerprint density at radius 1 is 1.04 bits per heavy atom. The Morgan fingerprint density at radius 2 is 1.81 bits per heavy atom. The molecule has 2 aromatic rings. The smallest absolute Gasteiger partial charge is 0.223 e. The van der Waals surface area contributed by atoms with Gasteiger partial charge in [-0.1, -0.05) is 12.1 Å². The maximum absolute atomic E-state index is 13.0. The zero-order valence-corrected chi connectivity index (χ0v) is 14.8. The summed E-state index contributed by atoms with van der Waals surface area (Å²) in [6.45, 7) is 3.76. The van der Waals surface area contributed by atoms with Crippen molar-refractivity contribution in [3.63, 3.8) is 0 Å². The van der Waals surface area contributed by atoms with Gasteiger partial charge in [0.2, 0.25) is 5.91 Å². The molecule has 1 amide bonds. The fraction of sp³-hybridized carbons (Fsp3) is 0.381. The van der Waals surface area contributed by atoms with E-state index in [1.807, 2.05) is 11.0 Å². The first-order valence-electron chi connectivity index (χ1n) is 9.22. The van der Waals surface area contributed by atoms with Gasteiger partial charge in [0, 0.05) is 44.7 Å². The SMILES string of the molecule is O=C(CCc1ccc2c(c1)CCO2)N1CCN(c2ccc(F)cc2)CC1. The van der Waals surface area contributed by atoms with Crippen LogP contribution in [-0.2, 0) is 17.6 Å². The zero-order valence-electron chi connectivity index (χ0n) is 14.8. The predicted octanol–water partition coefficient (Wildman–Crippen LogP) is 3.04. The molecule has 0 bridgehead atoms. The fourth-order valence-corrected chi connectivity index (χ4v) is 3.67. The summed E-state index contributed by atoms with van der Waals surface area (Å²) in [7, 11) is 0. The molecule has 136 valence electrons. The third-order valence-electron chi connectivity index (χ3n) is 5.21. The number of rotatable bonds is 4. The van der Waals surface area contributed by atoms with E-state index in [4.69, 9.17) is 4.74 Å². The van der Waals surface area contributed by atoms with Crippen LogP contribution in [0.15, 0.2) is 42.5 Å². The average molecular weight is 354 g/mol. The van der Waals surface area contributed by atoms with Crippen molar-refractivity contribution in [2.24, 2.45) is 0 Å². The minimum Gasteiger partial charge on any atom is -0.493 e. The molecule has 0 unspecified atom stereocenters. The van der Waals surface area contributed by atoms with Gasteiger partial charge in [0.15, 0.2) is 0 Å². The van der Waals surface area contributed by atoms with E-state index in [2.05, 4.69) is 17.0 Å². The number of benzene rings is 2. The molecule has 0 atom stereocenters. The number of carbonyl (C=O) groups excluding carboxylic acids is 1. The highest BCUT2D eigenvalue weighted by atomic mass is 19.1. The van der Waals surface area contributed by atoms with Crippen LogP contribution in [0, 0.1) is 5.82 Å². The lowest BCUT2D eigenvalue weighted by Crippen LogP contribution is -2.48. The third-order valence-corrected chi connectivity index (χ3v) is 5.21. The summed E-state index contributed by atoms with van der Waals surface area (Å²) in [4.78, 5) is 16.7. The first kappa shape index (κ1) is 16.9. The lowest BCUT2D eigenvalue weighted by Gasteiger charge is -2.36. The summed E-state index contributed by atoms with van der Waals surface area (Å²) in [6.07, 6.45) is 2.27. The molecular weight excluding hydrogens is 331 g/mol. The highest BCUT2D eigenvalue weighted by Gasteiger charge is 2.21. The number of piperazine rings is 1. The molecule has 0 aliphatic carbocycles. The molecule has 2 aliphatic rings. The number of aryl methyl sites for hydroxylation is 1. The van der Waals surface area contributed by atoms with E-state index < -0.39 is 0 Å². The minimum absolute atomic E-state index is 0.209. The average Bonchev–Trinajstić information content (AvgIpc) is 3.15. The second-order valence-electron chi connectivity index (χ2n) is 6.88. The standard InChI is InChI=1S/C21H23FN2O2/c22-18-3-5-19(6-4-18)23-10-12-24(13-11-23)21(25)8-2-16-1-7-20-17(15-16)9-14-26-20/h1,3-7,15H,2,8-14H2. The van der Waals surface area contributed by atoms with Crippen molar-refractivity contribution >= 4 is 11.6 Å². The molecule has 0 aromatic heterocycles. The Kier molecular flexibility index (Phi) is 4.78. The molecule has 1 fully saturated rings. The van der Waals surface area contributed by atoms with E-state index in [0.717, 1.165) is 44.0 Å². The number of hydrogen-bond acceptors (Lipinski definition) is 3. The summed E-state index contributed by atoms with van der Waals surface area (Å²) in [5.41, 5.74) is 3.47. The highest BCUT2D eigenvalue weighted by Crippen LogP contribution is 2.26. The zero-order chi connectivity index (χ0) is 17.9. The Bertz CT molecular complexity index is 783. The first-order chi connectivity index (χ1) is 12.7. The number of anilines is 1. The lowest BCUT2D eigenvalue weighted by molar-refractivity contribution is -0.131. The van der Waals surface area contributed by atoms with Gasteiger partial charge < -0.3 is 14.5 Å². The molecule has 4 nitrogen and oxygen atoms in total. The second kappa shape index (κ2) is 7.36. The number of carbonyl (C=O) groups is 1. The van der Waals surface area contributed by atoms with Crippen LogP contribution in [0.2, 0.25) is 0 Å². The number of amides is 1. The number of fused-ring (bicyclic) bond motifs is 1. The number of halogens is 1. The monoisotopic (exact) mass is 354 g/mol. The van der Waals surface area contributed by atoms with Crippen molar-refractivity contribution in [3.8, 4) is 5.75 Å². The van der Waals surface area contributed by atoms with E-state index in [-0.39, 0.29) is 11.7 Å². The second-order valence-corrected chi connectivity index (χ2v) is 6.88. The van der Waals surface area contributed by atoms with Gasteiger partial charge in [-0.2, -0.15) is 0 Å². The minimum atomic E-state index is -0.222. The molecule has 2 aromatic carbocycles. The molecule has 2 aliphatic heterocycles. The van der Waals surface area contributed by atoms with Crippen LogP contribution in [0.3, 0.4) is 0 Å². The molecule has 5 heteroatoms. The van der Waals surface area contributed by atoms with Gasteiger partial charge in [0.1, 0.15) is 11.6 Å². The Balaban J connectivity index is 1.27. The van der Waals surface area contributed by atoms with Gasteiger partial charge in [-0.25, -0.2) is 4.39 Å². The molecule has 0 radical (unpaired) electrons. The Labute approximate surface area is 153 Å². The van der Waals surface area contributed by atoms with Gasteiger partial charge in [0.05, 0.1) is 6.61 Å². The van der Waals surface area contributed by atoms with E-state index in [0.29, 0.717) is 19.5 Å². The van der Waals surface area contributed by atoms with Crippen molar-refractivity contribution in [3.05, 3.63) is 59.4 Å². The van der Waals surface area contributed by atoms with Gasteiger partial charge in [-0.15, -0.1) is 0 Å². The topological polar surface area (TPSA) is 32.8 Å². The maximum Gasteiger partial charge on any atom is 0.223 e. The van der Waals surface area contributed by atoms with E-state index in [9.17, 15) is 9.18 Å². The number of ether oxygens (including phenoxy) is 1. The molecule has 0 spiro atoms. The summed E-state index contributed by atoms with van der Waals surface area (Å²) >= 11 is 0. The fourth-order valence-electron chi connectivity index (χ4n) is 3.67. The summed E-state index contributed by atoms with van der Waals surface area (Å²) in [5, 5.41) is 0. The normalized spacial score (nSPS) is 16.3. The predicted molar refractivity (Wildman–Crippen MR) is 99.2 cm³/mol. The molecule has 1 saturated heterocycles. The molecular formula is C21H23FN2O2. The maximum atomic E-state index is 13.0. The Morgan fingerprint density at radius 3 is 2.58 bits per heavy atom. The van der Waals surface area contributed by atoms with Gasteiger partial charge in [-0.05, 0) is 47.9 Å². The Hall–Kier alpha value is -2.56. The van der Waals surface area contributed by atoms with Gasteiger partial charge in [0.25, 0.3) is 0 Å². The van der Waals surface area contributed by atoms with Crippen LogP contribution in [-0.4, -0.2) is 43.6 Å². The molecule has 0 N–H and O–H groups in total. The van der Waals surface area contributed by atoms with Gasteiger partial charge in [-0.3, -0.25) is 4.79 Å². The first-order valence-corrected chi connectivity index (χ1v) is 9.22. The summed E-state index contributed by atoms with van der Waals surface area (Å²) < 4.78 is 18.6. The van der Waals surface area contributed by atoms with Crippen molar-refractivity contribution in [1.29, 1.82) is 0 Å². The van der Waals surface area contributed by atoms with Crippen LogP contribution in [0.4, 0.5) is 10.1 Å². The van der Waals surface area contributed by atoms with Crippen molar-refractivity contribution in [2.45, 2.75) is 19.3 Å². The lowest BCUT2D eigenvalue weighted by atomic mass is 10.0. The number of hydrogen-bond donors (Lipinski definition) is 0. The van der Waals surface area contributed by atoms with Crippen LogP contribution in [0.5, 0.6) is 5.75 Å². The van der Waals surface area contributed by atoms with Crippen LogP contribution in [0.25, 0.3) is 0 Å². The summed E-state index contributed by atoms with van der Waals surface area (Å²) in [5.74, 6) is 0.971. The third kappa shape index (κ3) is 3.66. The largest absolute Gasteiger partial charge is 0.493 e. The van der Waals surface area contributed by atoms with E-state index >= 15 is 0 Å². The molecule has 2 heterocycles. The van der Waals surface area contributed by atoms with E-state index in [1.54, 1.807) is 12.1 Å². The van der Waals surface area contributed by atoms with Crippen LogP contribution >= 0.6 is 0 Å². The quantitative estimate of drug-likeness (QED) is 0.846. The number of nitrogens with zero attached hydrogens (tertiary/aromatic N) is 2. The van der Waals surface area contributed by atoms with E-state index in [1.165, 1.54) is 23.3 Å². The molecule has 0 saturated carbocycles. The van der Waals surface area contributed by atoms with Gasteiger partial charge >= 0.3 is 0 Å². The summed E-state index contributed by atoms with van der Waals surface area (Å²) in [6, 6.07) is 12.8. The molecule has 26 heavy (non-hydrogen) atoms. The highest BCUT2D eigenvalue weighted by molar-refractivity contribution is 5.76.